The molecule has 0 amide bonds. The van der Waals surface area contributed by atoms with Crippen LogP contribution in [0.25, 0.3) is 16.9 Å². The van der Waals surface area contributed by atoms with Crippen LogP contribution in [-0.2, 0) is 6.54 Å². The quantitative estimate of drug-likeness (QED) is 0.546. The lowest BCUT2D eigenvalue weighted by molar-refractivity contribution is 0.415. The maximum Gasteiger partial charge on any atom is 0.148 e. The average molecular weight is 422 g/mol. The maximum absolute atomic E-state index is 14.4. The Hall–Kier alpha value is -2.74. The van der Waals surface area contributed by atoms with Gasteiger partial charge in [-0.3, -0.25) is 10.9 Å². The Kier molecular flexibility index (Phi) is 5.72. The molecule has 1 aliphatic carbocycles. The zero-order chi connectivity index (χ0) is 21.2. The summed E-state index contributed by atoms with van der Waals surface area (Å²) in [6.45, 7) is 1.53. The number of hydrazine groups is 1. The first-order valence-electron chi connectivity index (χ1n) is 10.9. The zero-order valence-corrected chi connectivity index (χ0v) is 17.6. The van der Waals surface area contributed by atoms with Crippen molar-refractivity contribution in [3.05, 3.63) is 66.1 Å². The molecule has 3 unspecified atom stereocenters. The van der Waals surface area contributed by atoms with Gasteiger partial charge in [0.15, 0.2) is 0 Å². The molecule has 0 bridgehead atoms. The van der Waals surface area contributed by atoms with Gasteiger partial charge in [0.05, 0.1) is 12.8 Å². The van der Waals surface area contributed by atoms with Crippen LogP contribution in [0.3, 0.4) is 0 Å². The second-order valence-corrected chi connectivity index (χ2v) is 8.35. The molecule has 0 spiro atoms. The van der Waals surface area contributed by atoms with Gasteiger partial charge in [-0.05, 0) is 55.2 Å². The van der Waals surface area contributed by atoms with Crippen molar-refractivity contribution in [2.75, 3.05) is 13.7 Å². The molecule has 1 aliphatic heterocycles. The standard InChI is InChI=1S/C24H28FN5O/c1-31-18-11-9-16(10-12-18)24-17(15-30(29-24)23-8-3-2-6-20(23)25)13-26-14-22-19-5-4-7-21(19)27-28-22/h2-3,6,8-12,15,19,21-22,26-28H,4-5,7,13-14H2,1H3. The van der Waals surface area contributed by atoms with E-state index in [2.05, 4.69) is 16.2 Å². The third kappa shape index (κ3) is 4.08. The van der Waals surface area contributed by atoms with E-state index >= 15 is 0 Å². The molecule has 162 valence electrons. The van der Waals surface area contributed by atoms with Crippen molar-refractivity contribution >= 4 is 0 Å². The SMILES string of the molecule is COc1ccc(-c2nn(-c3ccccc3F)cc2CNCC2NNC3CCCC32)cc1. The normalized spacial score (nSPS) is 22.6. The van der Waals surface area contributed by atoms with Crippen molar-refractivity contribution < 1.29 is 9.13 Å². The van der Waals surface area contributed by atoms with Crippen LogP contribution < -0.4 is 20.9 Å². The number of ether oxygens (including phenoxy) is 1. The van der Waals surface area contributed by atoms with E-state index in [-0.39, 0.29) is 5.82 Å². The number of hydrogen-bond acceptors (Lipinski definition) is 5. The van der Waals surface area contributed by atoms with Crippen LogP contribution in [0.2, 0.25) is 0 Å². The number of methoxy groups -OCH3 is 1. The van der Waals surface area contributed by atoms with Gasteiger partial charge in [-0.25, -0.2) is 9.07 Å². The molecule has 31 heavy (non-hydrogen) atoms. The Labute approximate surface area is 181 Å². The fourth-order valence-electron chi connectivity index (χ4n) is 4.83. The van der Waals surface area contributed by atoms with Crippen molar-refractivity contribution in [1.82, 2.24) is 25.9 Å². The monoisotopic (exact) mass is 421 g/mol. The summed E-state index contributed by atoms with van der Waals surface area (Å²) < 4.78 is 21.3. The van der Waals surface area contributed by atoms with Gasteiger partial charge in [0.25, 0.3) is 0 Å². The largest absolute Gasteiger partial charge is 0.497 e. The van der Waals surface area contributed by atoms with E-state index in [9.17, 15) is 4.39 Å². The van der Waals surface area contributed by atoms with E-state index in [0.29, 0.717) is 30.2 Å². The third-order valence-corrected chi connectivity index (χ3v) is 6.47. The summed E-state index contributed by atoms with van der Waals surface area (Å²) >= 11 is 0. The number of aromatic nitrogens is 2. The Balaban J connectivity index is 1.38. The summed E-state index contributed by atoms with van der Waals surface area (Å²) in [5, 5.41) is 8.33. The number of para-hydroxylation sites is 1. The van der Waals surface area contributed by atoms with Gasteiger partial charge in [-0.1, -0.05) is 18.6 Å². The molecule has 1 aromatic heterocycles. The fourth-order valence-corrected chi connectivity index (χ4v) is 4.83. The summed E-state index contributed by atoms with van der Waals surface area (Å²) in [4.78, 5) is 0. The maximum atomic E-state index is 14.4. The van der Waals surface area contributed by atoms with Gasteiger partial charge < -0.3 is 10.1 Å². The number of fused-ring (bicyclic) bond motifs is 1. The molecule has 3 aromatic rings. The first-order chi connectivity index (χ1) is 15.2. The summed E-state index contributed by atoms with van der Waals surface area (Å²) in [5.74, 6) is 1.19. The Morgan fingerprint density at radius 3 is 2.77 bits per heavy atom. The topological polar surface area (TPSA) is 63.1 Å². The van der Waals surface area contributed by atoms with Gasteiger partial charge in [0.1, 0.15) is 17.3 Å². The van der Waals surface area contributed by atoms with Crippen molar-refractivity contribution in [3.8, 4) is 22.7 Å². The summed E-state index contributed by atoms with van der Waals surface area (Å²) in [5.41, 5.74) is 10.2. The molecular weight excluding hydrogens is 393 g/mol. The number of hydrogen-bond donors (Lipinski definition) is 3. The predicted octanol–water partition coefficient (Wildman–Crippen LogP) is 3.42. The molecule has 3 N–H and O–H groups in total. The van der Waals surface area contributed by atoms with E-state index < -0.39 is 0 Å². The first-order valence-corrected chi connectivity index (χ1v) is 10.9. The average Bonchev–Trinajstić information content (AvgIpc) is 3.51. The lowest BCUT2D eigenvalue weighted by Gasteiger charge is -2.17. The van der Waals surface area contributed by atoms with E-state index in [1.807, 2.05) is 36.5 Å². The van der Waals surface area contributed by atoms with E-state index in [4.69, 9.17) is 9.84 Å². The number of halogens is 1. The van der Waals surface area contributed by atoms with E-state index in [0.717, 1.165) is 29.1 Å². The molecule has 0 radical (unpaired) electrons. The van der Waals surface area contributed by atoms with Crippen LogP contribution in [0, 0.1) is 11.7 Å². The third-order valence-electron chi connectivity index (χ3n) is 6.47. The minimum atomic E-state index is -0.292. The summed E-state index contributed by atoms with van der Waals surface area (Å²) in [6.07, 6.45) is 5.76. The first kappa shape index (κ1) is 20.2. The second-order valence-electron chi connectivity index (χ2n) is 8.35. The molecule has 5 rings (SSSR count). The molecule has 2 aliphatic rings. The van der Waals surface area contributed by atoms with Gasteiger partial charge in [0, 0.05) is 42.5 Å². The fraction of sp³-hybridized carbons (Fsp3) is 0.375. The molecular formula is C24H28FN5O. The molecule has 3 atom stereocenters. The number of rotatable bonds is 7. The smallest absolute Gasteiger partial charge is 0.148 e. The predicted molar refractivity (Wildman–Crippen MR) is 118 cm³/mol. The van der Waals surface area contributed by atoms with Crippen LogP contribution in [0.15, 0.2) is 54.7 Å². The molecule has 2 aromatic carbocycles. The van der Waals surface area contributed by atoms with Crippen molar-refractivity contribution in [3.63, 3.8) is 0 Å². The van der Waals surface area contributed by atoms with Crippen LogP contribution in [0.4, 0.5) is 4.39 Å². The second kappa shape index (κ2) is 8.78. The Bertz CT molecular complexity index is 1030. The molecule has 2 fully saturated rings. The van der Waals surface area contributed by atoms with Crippen LogP contribution in [0.1, 0.15) is 24.8 Å². The van der Waals surface area contributed by atoms with E-state index in [1.54, 1.807) is 23.9 Å². The molecule has 1 saturated heterocycles. The highest BCUT2D eigenvalue weighted by atomic mass is 19.1. The minimum absolute atomic E-state index is 0.292. The highest BCUT2D eigenvalue weighted by Crippen LogP contribution is 2.31. The van der Waals surface area contributed by atoms with Gasteiger partial charge in [-0.2, -0.15) is 5.10 Å². The highest BCUT2D eigenvalue weighted by molar-refractivity contribution is 5.64. The van der Waals surface area contributed by atoms with Crippen molar-refractivity contribution in [2.24, 2.45) is 5.92 Å². The Morgan fingerprint density at radius 2 is 1.97 bits per heavy atom. The number of nitrogens with one attached hydrogen (secondary N) is 3. The molecule has 1 saturated carbocycles. The molecule has 6 nitrogen and oxygen atoms in total. The van der Waals surface area contributed by atoms with Gasteiger partial charge >= 0.3 is 0 Å². The Morgan fingerprint density at radius 1 is 1.13 bits per heavy atom. The van der Waals surface area contributed by atoms with Gasteiger partial charge in [0.2, 0.25) is 0 Å². The van der Waals surface area contributed by atoms with E-state index in [1.165, 1.54) is 25.3 Å². The molecule has 7 heteroatoms. The van der Waals surface area contributed by atoms with Gasteiger partial charge in [-0.15, -0.1) is 0 Å². The zero-order valence-electron chi connectivity index (χ0n) is 17.6. The minimum Gasteiger partial charge on any atom is -0.497 e. The number of nitrogens with zero attached hydrogens (tertiary/aromatic N) is 2. The van der Waals surface area contributed by atoms with Crippen LogP contribution >= 0.6 is 0 Å². The lowest BCUT2D eigenvalue weighted by atomic mass is 9.97. The summed E-state index contributed by atoms with van der Waals surface area (Å²) in [6, 6.07) is 15.6. The van der Waals surface area contributed by atoms with Crippen LogP contribution in [0.5, 0.6) is 5.75 Å². The lowest BCUT2D eigenvalue weighted by Crippen LogP contribution is -2.40. The summed E-state index contributed by atoms with van der Waals surface area (Å²) in [7, 11) is 1.65. The van der Waals surface area contributed by atoms with Crippen LogP contribution in [-0.4, -0.2) is 35.5 Å². The van der Waals surface area contributed by atoms with Crippen molar-refractivity contribution in [1.29, 1.82) is 0 Å². The highest BCUT2D eigenvalue weighted by Gasteiger charge is 2.38. The molecule has 2 heterocycles. The van der Waals surface area contributed by atoms with Crippen molar-refractivity contribution in [2.45, 2.75) is 37.9 Å². The number of benzene rings is 2.